The lowest BCUT2D eigenvalue weighted by molar-refractivity contribution is -0.258. The Kier molecular flexibility index (Phi) is 8.22. The molecule has 38 heavy (non-hydrogen) atoms. The summed E-state index contributed by atoms with van der Waals surface area (Å²) in [6.07, 6.45) is -4.77. The molecule has 0 radical (unpaired) electrons. The molecule has 6 nitrogen and oxygen atoms in total. The lowest BCUT2D eigenvalue weighted by Crippen LogP contribution is -2.39. The molecule has 0 heterocycles. The maximum absolute atomic E-state index is 12.8. The largest absolute Gasteiger partial charge is 0.465 e. The molecule has 4 aromatic carbocycles. The minimum Gasteiger partial charge on any atom is -0.465 e. The van der Waals surface area contributed by atoms with Gasteiger partial charge in [-0.25, -0.2) is 9.59 Å². The van der Waals surface area contributed by atoms with Gasteiger partial charge >= 0.3 is 18.1 Å². The quantitative estimate of drug-likeness (QED) is 0.251. The van der Waals surface area contributed by atoms with Gasteiger partial charge in [0.2, 0.25) is 0 Å². The van der Waals surface area contributed by atoms with Gasteiger partial charge in [-0.15, -0.1) is 0 Å². The normalized spacial score (nSPS) is 12.7. The van der Waals surface area contributed by atoms with E-state index in [1.54, 1.807) is 18.2 Å². The number of hydrogen-bond donors (Lipinski definition) is 1. The number of methoxy groups -OCH3 is 2. The molecule has 0 aliphatic heterocycles. The van der Waals surface area contributed by atoms with Gasteiger partial charge in [0.25, 0.3) is 0 Å². The summed E-state index contributed by atoms with van der Waals surface area (Å²) in [4.78, 5) is 34.0. The van der Waals surface area contributed by atoms with Crippen molar-refractivity contribution in [2.24, 2.45) is 0 Å². The highest BCUT2D eigenvalue weighted by Gasteiger charge is 2.51. The number of esters is 2. The first-order valence-corrected chi connectivity index (χ1v) is 11.3. The fourth-order valence-corrected chi connectivity index (χ4v) is 3.67. The van der Waals surface area contributed by atoms with E-state index in [9.17, 15) is 32.7 Å². The molecule has 1 atom stereocenters. The van der Waals surface area contributed by atoms with Gasteiger partial charge in [-0.05, 0) is 77.4 Å². The van der Waals surface area contributed by atoms with Crippen LogP contribution in [0, 0.1) is 0 Å². The summed E-state index contributed by atoms with van der Waals surface area (Å²) < 4.78 is 47.7. The Morgan fingerprint density at radius 3 is 1.42 bits per heavy atom. The Morgan fingerprint density at radius 2 is 1.03 bits per heavy atom. The molecule has 0 spiro atoms. The smallest absolute Gasteiger partial charge is 0.421 e. The summed E-state index contributed by atoms with van der Waals surface area (Å²) in [6, 6.07) is 19.0. The molecule has 0 saturated heterocycles. The molecular formula is C29H25F3O6. The van der Waals surface area contributed by atoms with Crippen LogP contribution in [-0.2, 0) is 15.1 Å². The van der Waals surface area contributed by atoms with Gasteiger partial charge in [-0.2, -0.15) is 13.2 Å². The number of fused-ring (bicyclic) bond motifs is 2. The van der Waals surface area contributed by atoms with E-state index in [1.807, 2.05) is 18.2 Å². The highest BCUT2D eigenvalue weighted by molar-refractivity contribution is 6.00. The highest BCUT2D eigenvalue weighted by Crippen LogP contribution is 2.39. The first kappa shape index (κ1) is 28.3. The number of benzene rings is 4. The number of aliphatic hydroxyl groups is 1. The second-order valence-corrected chi connectivity index (χ2v) is 8.66. The summed E-state index contributed by atoms with van der Waals surface area (Å²) in [5, 5.41) is 12.6. The summed E-state index contributed by atoms with van der Waals surface area (Å²) in [6.45, 7) is 2.24. The van der Waals surface area contributed by atoms with E-state index in [2.05, 4.69) is 9.47 Å². The topological polar surface area (TPSA) is 89.9 Å². The van der Waals surface area contributed by atoms with Crippen molar-refractivity contribution in [3.05, 3.63) is 95.1 Å². The number of hydrogen-bond acceptors (Lipinski definition) is 6. The van der Waals surface area contributed by atoms with Gasteiger partial charge in [0, 0.05) is 5.56 Å². The molecule has 4 aromatic rings. The molecule has 1 unspecified atom stereocenters. The van der Waals surface area contributed by atoms with Crippen LogP contribution in [0.1, 0.15) is 50.5 Å². The fraction of sp³-hybridized carbons (Fsp3) is 0.207. The maximum atomic E-state index is 12.8. The van der Waals surface area contributed by atoms with Gasteiger partial charge in [-0.3, -0.25) is 4.79 Å². The second kappa shape index (κ2) is 11.0. The zero-order valence-corrected chi connectivity index (χ0v) is 21.1. The van der Waals surface area contributed by atoms with E-state index >= 15 is 0 Å². The minimum absolute atomic E-state index is 0.0314. The van der Waals surface area contributed by atoms with E-state index in [0.29, 0.717) is 34.4 Å². The van der Waals surface area contributed by atoms with Crippen LogP contribution in [0.4, 0.5) is 13.2 Å². The third-order valence-electron chi connectivity index (χ3n) is 6.04. The summed E-state index contributed by atoms with van der Waals surface area (Å²) in [7, 11) is 2.60. The molecule has 0 saturated carbocycles. The zero-order chi connectivity index (χ0) is 28.3. The standard InChI is InChI=1S/C15H13F3O3.C14H12O3/c1-14(20,15(16,17)18)12-6-5-9-7-11(13(19)21-2)4-3-10(9)8-12;1-9(15)10-3-4-12-8-13(14(16)17-2)6-5-11(12)7-10/h3-8,20H,1-2H3;3-8H,1-2H3. The van der Waals surface area contributed by atoms with Crippen LogP contribution in [0.15, 0.2) is 72.8 Å². The van der Waals surface area contributed by atoms with Crippen LogP contribution < -0.4 is 0 Å². The minimum atomic E-state index is -4.77. The number of alkyl halides is 3. The molecule has 0 aliphatic rings. The van der Waals surface area contributed by atoms with Crippen molar-refractivity contribution in [2.45, 2.75) is 25.6 Å². The predicted molar refractivity (Wildman–Crippen MR) is 136 cm³/mol. The third kappa shape index (κ3) is 6.00. The Labute approximate surface area is 216 Å². The monoisotopic (exact) mass is 526 g/mol. The van der Waals surface area contributed by atoms with Crippen LogP contribution in [0.2, 0.25) is 0 Å². The number of ketones is 1. The molecule has 0 fully saturated rings. The summed E-state index contributed by atoms with van der Waals surface area (Å²) in [5.41, 5.74) is -1.70. The molecule has 9 heteroatoms. The van der Waals surface area contributed by atoms with E-state index in [0.717, 1.165) is 10.8 Å². The van der Waals surface area contributed by atoms with Crippen molar-refractivity contribution in [3.8, 4) is 0 Å². The molecule has 0 bridgehead atoms. The van der Waals surface area contributed by atoms with E-state index in [1.165, 1.54) is 57.5 Å². The van der Waals surface area contributed by atoms with Crippen molar-refractivity contribution >= 4 is 39.3 Å². The van der Waals surface area contributed by atoms with Crippen molar-refractivity contribution in [1.29, 1.82) is 0 Å². The Morgan fingerprint density at radius 1 is 0.658 bits per heavy atom. The maximum Gasteiger partial charge on any atom is 0.421 e. The predicted octanol–water partition coefficient (Wildman–Crippen LogP) is 6.23. The van der Waals surface area contributed by atoms with Gasteiger partial charge in [-0.1, -0.05) is 36.4 Å². The van der Waals surface area contributed by atoms with Crippen LogP contribution in [0.3, 0.4) is 0 Å². The zero-order valence-electron chi connectivity index (χ0n) is 21.1. The summed E-state index contributed by atoms with van der Waals surface area (Å²) in [5.74, 6) is -0.852. The molecular weight excluding hydrogens is 501 g/mol. The van der Waals surface area contributed by atoms with Crippen LogP contribution in [0.5, 0.6) is 0 Å². The first-order chi connectivity index (χ1) is 17.8. The SMILES string of the molecule is COC(=O)c1ccc2cc(C(C)(O)C(F)(F)F)ccc2c1.COC(=O)c1ccc2cc(C(C)=O)ccc2c1. The number of ether oxygens (including phenoxy) is 2. The Hall–Kier alpha value is -4.24. The van der Waals surface area contributed by atoms with Gasteiger partial charge in [0.15, 0.2) is 11.4 Å². The number of carbonyl (C=O) groups excluding carboxylic acids is 3. The lowest BCUT2D eigenvalue weighted by atomic mass is 9.92. The van der Waals surface area contributed by atoms with E-state index in [4.69, 9.17) is 0 Å². The summed E-state index contributed by atoms with van der Waals surface area (Å²) >= 11 is 0. The Bertz CT molecular complexity index is 1520. The molecule has 0 amide bonds. The third-order valence-corrected chi connectivity index (χ3v) is 6.04. The van der Waals surface area contributed by atoms with Crippen LogP contribution >= 0.6 is 0 Å². The molecule has 4 rings (SSSR count). The second-order valence-electron chi connectivity index (χ2n) is 8.66. The van der Waals surface area contributed by atoms with Crippen molar-refractivity contribution in [1.82, 2.24) is 0 Å². The molecule has 0 aromatic heterocycles. The van der Waals surface area contributed by atoms with Crippen molar-refractivity contribution in [2.75, 3.05) is 14.2 Å². The van der Waals surface area contributed by atoms with Crippen LogP contribution in [0.25, 0.3) is 21.5 Å². The number of carbonyl (C=O) groups is 3. The van der Waals surface area contributed by atoms with Crippen molar-refractivity contribution < 1.29 is 42.1 Å². The van der Waals surface area contributed by atoms with Crippen molar-refractivity contribution in [3.63, 3.8) is 0 Å². The lowest BCUT2D eigenvalue weighted by Gasteiger charge is -2.26. The van der Waals surface area contributed by atoms with Gasteiger partial charge in [0.05, 0.1) is 25.3 Å². The molecule has 1 N–H and O–H groups in total. The van der Waals surface area contributed by atoms with E-state index in [-0.39, 0.29) is 17.3 Å². The average molecular weight is 527 g/mol. The van der Waals surface area contributed by atoms with E-state index < -0.39 is 17.7 Å². The number of rotatable bonds is 4. The number of halogens is 3. The highest BCUT2D eigenvalue weighted by atomic mass is 19.4. The molecule has 0 aliphatic carbocycles. The van der Waals surface area contributed by atoms with Crippen LogP contribution in [-0.4, -0.2) is 43.2 Å². The van der Waals surface area contributed by atoms with Gasteiger partial charge < -0.3 is 14.6 Å². The average Bonchev–Trinajstić information content (AvgIpc) is 2.90. The first-order valence-electron chi connectivity index (χ1n) is 11.3. The Balaban J connectivity index is 0.000000215. The van der Waals surface area contributed by atoms with Gasteiger partial charge in [0.1, 0.15) is 0 Å². The fourth-order valence-electron chi connectivity index (χ4n) is 3.67. The number of Topliss-reactive ketones (excluding diaryl/α,β-unsaturated/α-hetero) is 1. The molecule has 198 valence electrons.